The van der Waals surface area contributed by atoms with Crippen LogP contribution < -0.4 is 10.1 Å². The molecule has 0 saturated heterocycles. The smallest absolute Gasteiger partial charge is 0.124 e. The van der Waals surface area contributed by atoms with Gasteiger partial charge in [0, 0.05) is 54.4 Å². The van der Waals surface area contributed by atoms with Crippen LogP contribution in [0.5, 0.6) is 5.75 Å². The fraction of sp³-hybridized carbons (Fsp3) is 0.154. The van der Waals surface area contributed by atoms with Gasteiger partial charge in [0.1, 0.15) is 5.75 Å². The maximum absolute atomic E-state index is 5.83. The SMILES string of the molecule is Cn1ccc2ccc(-c3cc(NC4CCOc5ccccc54)cc4nccnc34)cc21. The fourth-order valence-electron chi connectivity index (χ4n) is 4.50. The first-order valence-electron chi connectivity index (χ1n) is 10.5. The van der Waals surface area contributed by atoms with Gasteiger partial charge in [0.25, 0.3) is 0 Å². The van der Waals surface area contributed by atoms with Crippen LogP contribution >= 0.6 is 0 Å². The minimum atomic E-state index is 0.197. The second-order valence-electron chi connectivity index (χ2n) is 8.02. The quantitative estimate of drug-likeness (QED) is 0.416. The van der Waals surface area contributed by atoms with E-state index in [2.05, 4.69) is 81.6 Å². The van der Waals surface area contributed by atoms with Crippen LogP contribution in [-0.4, -0.2) is 21.1 Å². The van der Waals surface area contributed by atoms with Crippen molar-refractivity contribution in [2.75, 3.05) is 11.9 Å². The molecule has 3 aromatic carbocycles. The summed E-state index contributed by atoms with van der Waals surface area (Å²) in [5.41, 5.74) is 7.44. The summed E-state index contributed by atoms with van der Waals surface area (Å²) in [6.45, 7) is 0.707. The van der Waals surface area contributed by atoms with Crippen molar-refractivity contribution in [2.24, 2.45) is 7.05 Å². The van der Waals surface area contributed by atoms with Gasteiger partial charge in [-0.05, 0) is 41.3 Å². The van der Waals surface area contributed by atoms with Gasteiger partial charge in [-0.25, -0.2) is 0 Å². The van der Waals surface area contributed by atoms with Crippen LogP contribution in [-0.2, 0) is 7.05 Å². The molecule has 0 amide bonds. The van der Waals surface area contributed by atoms with Crippen LogP contribution in [0.2, 0.25) is 0 Å². The van der Waals surface area contributed by atoms with Crippen LogP contribution in [0, 0.1) is 0 Å². The topological polar surface area (TPSA) is 52.0 Å². The maximum atomic E-state index is 5.83. The summed E-state index contributed by atoms with van der Waals surface area (Å²) < 4.78 is 7.98. The molecule has 1 N–H and O–H groups in total. The van der Waals surface area contributed by atoms with Gasteiger partial charge in [-0.15, -0.1) is 0 Å². The second-order valence-corrected chi connectivity index (χ2v) is 8.02. The van der Waals surface area contributed by atoms with E-state index in [4.69, 9.17) is 4.74 Å². The molecule has 0 bridgehead atoms. The van der Waals surface area contributed by atoms with Crippen LogP contribution in [0.4, 0.5) is 5.69 Å². The Morgan fingerprint density at radius 3 is 2.87 bits per heavy atom. The lowest BCUT2D eigenvalue weighted by Crippen LogP contribution is -2.20. The number of hydrogen-bond acceptors (Lipinski definition) is 4. The average molecular weight is 406 g/mol. The zero-order valence-electron chi connectivity index (χ0n) is 17.2. The van der Waals surface area contributed by atoms with E-state index in [1.807, 2.05) is 12.1 Å². The van der Waals surface area contributed by atoms with Crippen molar-refractivity contribution < 1.29 is 4.74 Å². The molecule has 1 unspecified atom stereocenters. The summed E-state index contributed by atoms with van der Waals surface area (Å²) >= 11 is 0. The first-order chi connectivity index (χ1) is 15.3. The average Bonchev–Trinajstić information content (AvgIpc) is 3.19. The number of para-hydroxylation sites is 1. The number of nitrogens with zero attached hydrogens (tertiary/aromatic N) is 3. The number of hydrogen-bond donors (Lipinski definition) is 1. The Kier molecular flexibility index (Phi) is 4.13. The largest absolute Gasteiger partial charge is 0.493 e. The summed E-state index contributed by atoms with van der Waals surface area (Å²) in [6.07, 6.45) is 6.52. The van der Waals surface area contributed by atoms with E-state index in [9.17, 15) is 0 Å². The predicted octanol–water partition coefficient (Wildman–Crippen LogP) is 5.72. The van der Waals surface area contributed by atoms with Gasteiger partial charge in [0.2, 0.25) is 0 Å². The summed E-state index contributed by atoms with van der Waals surface area (Å²) in [5, 5.41) is 4.96. The van der Waals surface area contributed by atoms with Crippen molar-refractivity contribution in [1.29, 1.82) is 0 Å². The lowest BCUT2D eigenvalue weighted by atomic mass is 9.98. The third kappa shape index (κ3) is 3.10. The van der Waals surface area contributed by atoms with Gasteiger partial charge in [-0.1, -0.05) is 30.3 Å². The number of nitrogens with one attached hydrogen (secondary N) is 1. The van der Waals surface area contributed by atoms with E-state index in [1.165, 1.54) is 16.5 Å². The highest BCUT2D eigenvalue weighted by atomic mass is 16.5. The highest BCUT2D eigenvalue weighted by Gasteiger charge is 2.21. The number of benzene rings is 3. The van der Waals surface area contributed by atoms with E-state index in [0.717, 1.165) is 40.0 Å². The van der Waals surface area contributed by atoms with Crippen molar-refractivity contribution in [2.45, 2.75) is 12.5 Å². The van der Waals surface area contributed by atoms with E-state index in [-0.39, 0.29) is 6.04 Å². The zero-order valence-corrected chi connectivity index (χ0v) is 17.2. The number of aryl methyl sites for hydroxylation is 1. The monoisotopic (exact) mass is 406 g/mol. The predicted molar refractivity (Wildman–Crippen MR) is 124 cm³/mol. The molecule has 1 aliphatic rings. The highest BCUT2D eigenvalue weighted by molar-refractivity contribution is 5.97. The minimum Gasteiger partial charge on any atom is -0.493 e. The highest BCUT2D eigenvalue weighted by Crippen LogP contribution is 2.37. The minimum absolute atomic E-state index is 0.197. The normalized spacial score (nSPS) is 15.6. The van der Waals surface area contributed by atoms with Gasteiger partial charge >= 0.3 is 0 Å². The lowest BCUT2D eigenvalue weighted by molar-refractivity contribution is 0.274. The van der Waals surface area contributed by atoms with E-state index in [0.29, 0.717) is 6.61 Å². The molecule has 5 nitrogen and oxygen atoms in total. The second kappa shape index (κ2) is 7.13. The molecule has 31 heavy (non-hydrogen) atoms. The van der Waals surface area contributed by atoms with Crippen molar-refractivity contribution in [3.8, 4) is 16.9 Å². The standard InChI is InChI=1S/C26H22N4O/c1-30-12-8-17-6-7-18(14-24(17)30)21-15-19(16-23-26(21)28-11-10-27-23)29-22-9-13-31-25-5-3-2-4-20(22)25/h2-8,10-12,14-16,22,29H,9,13H2,1H3. The molecule has 0 aliphatic carbocycles. The Bertz CT molecular complexity index is 1420. The fourth-order valence-corrected chi connectivity index (χ4v) is 4.50. The Labute approximate surface area is 180 Å². The molecule has 1 aliphatic heterocycles. The van der Waals surface area contributed by atoms with E-state index < -0.39 is 0 Å². The Hall–Kier alpha value is -3.86. The van der Waals surface area contributed by atoms with E-state index >= 15 is 0 Å². The van der Waals surface area contributed by atoms with Gasteiger partial charge in [0.15, 0.2) is 0 Å². The molecule has 5 aromatic rings. The van der Waals surface area contributed by atoms with Gasteiger partial charge < -0.3 is 14.6 Å². The summed E-state index contributed by atoms with van der Waals surface area (Å²) in [4.78, 5) is 9.26. The molecule has 0 spiro atoms. The first kappa shape index (κ1) is 18.0. The van der Waals surface area contributed by atoms with Crippen molar-refractivity contribution in [1.82, 2.24) is 14.5 Å². The number of anilines is 1. The van der Waals surface area contributed by atoms with Crippen molar-refractivity contribution in [3.05, 3.63) is 84.8 Å². The summed E-state index contributed by atoms with van der Waals surface area (Å²) in [6, 6.07) is 21.4. The molecule has 3 heterocycles. The third-order valence-electron chi connectivity index (χ3n) is 6.07. The molecule has 152 valence electrons. The number of ether oxygens (including phenoxy) is 1. The summed E-state index contributed by atoms with van der Waals surface area (Å²) in [7, 11) is 2.07. The number of aromatic nitrogens is 3. The third-order valence-corrected chi connectivity index (χ3v) is 6.07. The van der Waals surface area contributed by atoms with Crippen LogP contribution in [0.25, 0.3) is 33.1 Å². The van der Waals surface area contributed by atoms with Gasteiger partial charge in [-0.3, -0.25) is 9.97 Å². The number of fused-ring (bicyclic) bond motifs is 3. The molecule has 5 heteroatoms. The van der Waals surface area contributed by atoms with Crippen molar-refractivity contribution in [3.63, 3.8) is 0 Å². The molecule has 0 radical (unpaired) electrons. The lowest BCUT2D eigenvalue weighted by Gasteiger charge is -2.27. The van der Waals surface area contributed by atoms with Gasteiger partial charge in [-0.2, -0.15) is 0 Å². The molecule has 1 atom stereocenters. The molecule has 2 aromatic heterocycles. The van der Waals surface area contributed by atoms with Crippen LogP contribution in [0.3, 0.4) is 0 Å². The molecule has 0 fully saturated rings. The van der Waals surface area contributed by atoms with Crippen LogP contribution in [0.15, 0.2) is 79.3 Å². The molecular weight excluding hydrogens is 384 g/mol. The van der Waals surface area contributed by atoms with Crippen LogP contribution in [0.1, 0.15) is 18.0 Å². The van der Waals surface area contributed by atoms with Gasteiger partial charge in [0.05, 0.1) is 23.7 Å². The Balaban J connectivity index is 1.47. The molecule has 6 rings (SSSR count). The number of rotatable bonds is 3. The Morgan fingerprint density at radius 1 is 1.00 bits per heavy atom. The zero-order chi connectivity index (χ0) is 20.8. The summed E-state index contributed by atoms with van der Waals surface area (Å²) in [5.74, 6) is 0.959. The Morgan fingerprint density at radius 2 is 1.90 bits per heavy atom. The maximum Gasteiger partial charge on any atom is 0.124 e. The van der Waals surface area contributed by atoms with Crippen molar-refractivity contribution >= 4 is 27.6 Å². The molecular formula is C26H22N4O. The first-order valence-corrected chi connectivity index (χ1v) is 10.5. The van der Waals surface area contributed by atoms with E-state index in [1.54, 1.807) is 12.4 Å². The molecule has 0 saturated carbocycles.